The quantitative estimate of drug-likeness (QED) is 0.740. The van der Waals surface area contributed by atoms with E-state index in [-0.39, 0.29) is 5.56 Å². The number of hydrogen-bond acceptors (Lipinski definition) is 4. The Hall–Kier alpha value is -3.15. The van der Waals surface area contributed by atoms with Crippen molar-refractivity contribution in [1.29, 1.82) is 0 Å². The maximum absolute atomic E-state index is 12.9. The lowest BCUT2D eigenvalue weighted by molar-refractivity contribution is 0.391. The Balaban J connectivity index is 1.91. The highest BCUT2D eigenvalue weighted by Crippen LogP contribution is 2.25. The van der Waals surface area contributed by atoms with E-state index in [2.05, 4.69) is 5.32 Å². The third-order valence-electron chi connectivity index (χ3n) is 4.50. The average molecular weight is 353 g/mol. The average Bonchev–Trinajstić information content (AvgIpc) is 2.89. The Morgan fingerprint density at radius 2 is 1.77 bits per heavy atom. The van der Waals surface area contributed by atoms with Crippen molar-refractivity contribution in [2.24, 2.45) is 7.05 Å². The maximum Gasteiger partial charge on any atom is 0.295 e. The van der Waals surface area contributed by atoms with Crippen LogP contribution in [0.25, 0.3) is 5.69 Å². The lowest BCUT2D eigenvalue weighted by Gasteiger charge is -2.11. The number of aromatic nitrogens is 2. The molecule has 0 aliphatic heterocycles. The molecule has 6 nitrogen and oxygen atoms in total. The van der Waals surface area contributed by atoms with Crippen molar-refractivity contribution in [1.82, 2.24) is 9.36 Å². The van der Waals surface area contributed by atoms with E-state index in [1.54, 1.807) is 18.9 Å². The van der Waals surface area contributed by atoms with Crippen molar-refractivity contribution >= 4 is 5.69 Å². The predicted octanol–water partition coefficient (Wildman–Crippen LogP) is 3.11. The van der Waals surface area contributed by atoms with Crippen molar-refractivity contribution in [3.05, 3.63) is 70.1 Å². The monoisotopic (exact) mass is 353 g/mol. The van der Waals surface area contributed by atoms with Crippen LogP contribution >= 0.6 is 0 Å². The molecule has 0 unspecified atom stereocenters. The van der Waals surface area contributed by atoms with Crippen molar-refractivity contribution in [2.45, 2.75) is 13.5 Å². The van der Waals surface area contributed by atoms with E-state index in [1.165, 1.54) is 0 Å². The van der Waals surface area contributed by atoms with Gasteiger partial charge in [0.2, 0.25) is 0 Å². The lowest BCUT2D eigenvalue weighted by Crippen LogP contribution is -2.21. The normalized spacial score (nSPS) is 10.6. The molecule has 2 aromatic carbocycles. The summed E-state index contributed by atoms with van der Waals surface area (Å²) in [5.41, 5.74) is 3.14. The van der Waals surface area contributed by atoms with Crippen LogP contribution in [0.3, 0.4) is 0 Å². The number of benzene rings is 2. The van der Waals surface area contributed by atoms with E-state index in [9.17, 15) is 4.79 Å². The highest BCUT2D eigenvalue weighted by Gasteiger charge is 2.16. The number of hydrogen-bond donors (Lipinski definition) is 1. The van der Waals surface area contributed by atoms with Gasteiger partial charge in [0.15, 0.2) is 0 Å². The second-order valence-electron chi connectivity index (χ2n) is 5.97. The second-order valence-corrected chi connectivity index (χ2v) is 5.97. The molecule has 1 heterocycles. The molecule has 1 aromatic heterocycles. The Morgan fingerprint density at radius 3 is 2.42 bits per heavy atom. The summed E-state index contributed by atoms with van der Waals surface area (Å²) in [6.45, 7) is 2.40. The molecule has 0 saturated heterocycles. The third kappa shape index (κ3) is 3.18. The second kappa shape index (κ2) is 7.39. The zero-order valence-corrected chi connectivity index (χ0v) is 15.4. The van der Waals surface area contributed by atoms with E-state index < -0.39 is 0 Å². The summed E-state index contributed by atoms with van der Waals surface area (Å²) in [5, 5.41) is 3.27. The van der Waals surface area contributed by atoms with Crippen LogP contribution in [0.4, 0.5) is 5.69 Å². The van der Waals surface area contributed by atoms with Gasteiger partial charge in [-0.3, -0.25) is 9.48 Å². The van der Waals surface area contributed by atoms with Crippen molar-refractivity contribution < 1.29 is 9.47 Å². The van der Waals surface area contributed by atoms with Crippen LogP contribution in [0.1, 0.15) is 11.3 Å². The SMILES string of the molecule is COc1ccc(CNc2c(C)n(C)n(-c3ccccc3)c2=O)c(OC)c1. The van der Waals surface area contributed by atoms with Gasteiger partial charge in [0.25, 0.3) is 5.56 Å². The molecule has 1 N–H and O–H groups in total. The first-order valence-corrected chi connectivity index (χ1v) is 8.35. The molecule has 0 bridgehead atoms. The van der Waals surface area contributed by atoms with Crippen LogP contribution in [0.5, 0.6) is 11.5 Å². The maximum atomic E-state index is 12.9. The van der Waals surface area contributed by atoms with Gasteiger partial charge in [0, 0.05) is 25.2 Å². The molecule has 0 fully saturated rings. The first kappa shape index (κ1) is 17.7. The Labute approximate surface area is 152 Å². The molecule has 0 aliphatic carbocycles. The summed E-state index contributed by atoms with van der Waals surface area (Å²) in [5.74, 6) is 1.45. The van der Waals surface area contributed by atoms with Gasteiger partial charge < -0.3 is 14.8 Å². The van der Waals surface area contributed by atoms with E-state index in [1.807, 2.05) is 67.2 Å². The van der Waals surface area contributed by atoms with Crippen molar-refractivity contribution in [3.63, 3.8) is 0 Å². The molecule has 3 aromatic rings. The van der Waals surface area contributed by atoms with Gasteiger partial charge >= 0.3 is 0 Å². The Kier molecular flexibility index (Phi) is 5.02. The fraction of sp³-hybridized carbons (Fsp3) is 0.250. The largest absolute Gasteiger partial charge is 0.497 e. The molecule has 0 aliphatic rings. The summed E-state index contributed by atoms with van der Waals surface area (Å²) in [4.78, 5) is 12.9. The zero-order valence-electron chi connectivity index (χ0n) is 15.4. The van der Waals surface area contributed by atoms with Gasteiger partial charge in [-0.05, 0) is 31.2 Å². The molecule has 0 saturated carbocycles. The van der Waals surface area contributed by atoms with Crippen LogP contribution in [-0.2, 0) is 13.6 Å². The minimum atomic E-state index is -0.0799. The fourth-order valence-electron chi connectivity index (χ4n) is 2.95. The summed E-state index contributed by atoms with van der Waals surface area (Å²) in [6, 6.07) is 15.2. The topological polar surface area (TPSA) is 57.4 Å². The molecule has 0 amide bonds. The third-order valence-corrected chi connectivity index (χ3v) is 4.50. The molecule has 3 rings (SSSR count). The van der Waals surface area contributed by atoms with Gasteiger partial charge in [-0.1, -0.05) is 18.2 Å². The number of anilines is 1. The van der Waals surface area contributed by atoms with E-state index in [4.69, 9.17) is 9.47 Å². The van der Waals surface area contributed by atoms with E-state index in [0.717, 1.165) is 22.7 Å². The predicted molar refractivity (Wildman–Crippen MR) is 103 cm³/mol. The number of rotatable bonds is 6. The molecular weight excluding hydrogens is 330 g/mol. The summed E-state index contributed by atoms with van der Waals surface area (Å²) in [7, 11) is 5.11. The first-order chi connectivity index (χ1) is 12.6. The van der Waals surface area contributed by atoms with Crippen molar-refractivity contribution in [2.75, 3.05) is 19.5 Å². The van der Waals surface area contributed by atoms with Gasteiger partial charge in [0.05, 0.1) is 25.6 Å². The van der Waals surface area contributed by atoms with Gasteiger partial charge in [0.1, 0.15) is 17.2 Å². The number of nitrogens with zero attached hydrogens (tertiary/aromatic N) is 2. The molecule has 26 heavy (non-hydrogen) atoms. The van der Waals surface area contributed by atoms with Crippen LogP contribution in [0.15, 0.2) is 53.3 Å². The molecule has 0 spiro atoms. The zero-order chi connectivity index (χ0) is 18.7. The number of nitrogens with one attached hydrogen (secondary N) is 1. The molecule has 6 heteroatoms. The molecule has 136 valence electrons. The molecule has 0 atom stereocenters. The standard InChI is InChI=1S/C20H23N3O3/c1-14-19(20(24)23(22(14)2)16-8-6-5-7-9-16)21-13-15-10-11-17(25-3)12-18(15)26-4/h5-12,21H,13H2,1-4H3. The molecule has 0 radical (unpaired) electrons. The number of para-hydroxylation sites is 1. The highest BCUT2D eigenvalue weighted by molar-refractivity contribution is 5.51. The first-order valence-electron chi connectivity index (χ1n) is 8.35. The number of methoxy groups -OCH3 is 2. The van der Waals surface area contributed by atoms with Crippen LogP contribution < -0.4 is 20.3 Å². The van der Waals surface area contributed by atoms with Crippen molar-refractivity contribution in [3.8, 4) is 17.2 Å². The summed E-state index contributed by atoms with van der Waals surface area (Å²) < 4.78 is 14.2. The summed E-state index contributed by atoms with van der Waals surface area (Å²) >= 11 is 0. The minimum Gasteiger partial charge on any atom is -0.497 e. The van der Waals surface area contributed by atoms with Crippen LogP contribution in [-0.4, -0.2) is 23.6 Å². The number of ether oxygens (including phenoxy) is 2. The van der Waals surface area contributed by atoms with Crippen LogP contribution in [0, 0.1) is 6.92 Å². The van der Waals surface area contributed by atoms with Gasteiger partial charge in [-0.25, -0.2) is 4.68 Å². The smallest absolute Gasteiger partial charge is 0.295 e. The van der Waals surface area contributed by atoms with Gasteiger partial charge in [-0.2, -0.15) is 0 Å². The van der Waals surface area contributed by atoms with Gasteiger partial charge in [-0.15, -0.1) is 0 Å². The molecular formula is C20H23N3O3. The Bertz CT molecular complexity index is 958. The van der Waals surface area contributed by atoms with E-state index >= 15 is 0 Å². The fourth-order valence-corrected chi connectivity index (χ4v) is 2.95. The Morgan fingerprint density at radius 1 is 1.04 bits per heavy atom. The highest BCUT2D eigenvalue weighted by atomic mass is 16.5. The lowest BCUT2D eigenvalue weighted by atomic mass is 10.2. The minimum absolute atomic E-state index is 0.0799. The van der Waals surface area contributed by atoms with Crippen LogP contribution in [0.2, 0.25) is 0 Å². The van der Waals surface area contributed by atoms with E-state index in [0.29, 0.717) is 18.0 Å². The summed E-state index contributed by atoms with van der Waals surface area (Å²) in [6.07, 6.45) is 0.